The van der Waals surface area contributed by atoms with Crippen LogP contribution in [-0.4, -0.2) is 138 Å². The molecule has 5 fully saturated rings. The number of methoxy groups -OCH3 is 1. The molecule has 7 N–H and O–H groups in total. The molecule has 1 aromatic carbocycles. The predicted molar refractivity (Wildman–Crippen MR) is 285 cm³/mol. The molecule has 0 spiro atoms. The Balaban J connectivity index is 0.000000326. The summed E-state index contributed by atoms with van der Waals surface area (Å²) in [5.41, 5.74) is -1.39. The number of carbonyl (C=O) groups is 7. The summed E-state index contributed by atoms with van der Waals surface area (Å²) in [6.45, 7) is 33.5. The molecule has 2 aliphatic heterocycles. The molecule has 19 nitrogen and oxygen atoms in total. The Morgan fingerprint density at radius 3 is 1.51 bits per heavy atom. The lowest BCUT2D eigenvalue weighted by Crippen LogP contribution is -2.62. The van der Waals surface area contributed by atoms with Crippen molar-refractivity contribution in [3.05, 3.63) is 29.8 Å². The summed E-state index contributed by atoms with van der Waals surface area (Å²) in [5.74, 6) is -2.54. The number of hydrogen-bond acceptors (Lipinski definition) is 11. The second-order valence-corrected chi connectivity index (χ2v) is 29.3. The molecule has 0 bridgehead atoms. The third-order valence-electron chi connectivity index (χ3n) is 16.1. The van der Waals surface area contributed by atoms with Crippen LogP contribution in [0.2, 0.25) is 0 Å². The molecular formula is C55H90N8O11S. The third-order valence-corrected chi connectivity index (χ3v) is 17.6. The van der Waals surface area contributed by atoms with Crippen LogP contribution >= 0.6 is 0 Å². The van der Waals surface area contributed by atoms with Crippen molar-refractivity contribution >= 4 is 51.5 Å². The van der Waals surface area contributed by atoms with Crippen molar-refractivity contribution in [3.8, 4) is 0 Å². The molecule has 3 aliphatic carbocycles. The first-order valence-corrected chi connectivity index (χ1v) is 28.2. The van der Waals surface area contributed by atoms with Gasteiger partial charge in [0.05, 0.1) is 18.0 Å². The van der Waals surface area contributed by atoms with E-state index in [-0.39, 0.29) is 63.1 Å². The van der Waals surface area contributed by atoms with Crippen molar-refractivity contribution < 1.29 is 51.8 Å². The highest BCUT2D eigenvalue weighted by Gasteiger charge is 2.71. The van der Waals surface area contributed by atoms with Crippen LogP contribution in [0.5, 0.6) is 0 Å². The summed E-state index contributed by atoms with van der Waals surface area (Å²) in [5, 5.41) is 27.8. The van der Waals surface area contributed by atoms with Gasteiger partial charge in [0.1, 0.15) is 30.0 Å². The van der Waals surface area contributed by atoms with E-state index >= 15 is 0 Å². The first-order chi connectivity index (χ1) is 34.1. The van der Waals surface area contributed by atoms with Crippen molar-refractivity contribution in [2.45, 2.75) is 196 Å². The Morgan fingerprint density at radius 1 is 0.693 bits per heavy atom. The molecule has 422 valence electrons. The number of likely N-dealkylation sites (tertiary alicyclic amines) is 2. The number of amides is 8. The second kappa shape index (κ2) is 21.8. The van der Waals surface area contributed by atoms with E-state index in [1.807, 2.05) is 90.0 Å². The second-order valence-electron chi connectivity index (χ2n) is 27.3. The Labute approximate surface area is 446 Å². The number of urea groups is 2. The fraction of sp³-hybridized carbons (Fsp3) is 0.764. The molecule has 0 radical (unpaired) electrons. The summed E-state index contributed by atoms with van der Waals surface area (Å²) in [6.07, 6.45) is 1.42. The molecule has 0 aromatic heterocycles. The third kappa shape index (κ3) is 14.3. The van der Waals surface area contributed by atoms with Crippen LogP contribution in [0.15, 0.2) is 29.2 Å². The predicted octanol–water partition coefficient (Wildman–Crippen LogP) is 5.03. The minimum atomic E-state index is -3.86. The molecule has 10 atom stereocenters. The van der Waals surface area contributed by atoms with Crippen LogP contribution in [-0.2, 0) is 38.5 Å². The van der Waals surface area contributed by atoms with Gasteiger partial charge in [0, 0.05) is 30.1 Å². The van der Waals surface area contributed by atoms with Crippen molar-refractivity contribution in [1.82, 2.24) is 41.7 Å². The summed E-state index contributed by atoms with van der Waals surface area (Å²) in [7, 11) is -2.51. The fourth-order valence-corrected chi connectivity index (χ4v) is 12.3. The summed E-state index contributed by atoms with van der Waals surface area (Å²) < 4.78 is 30.7. The number of aliphatic hydroxyl groups is 1. The molecule has 20 heteroatoms. The number of aryl methyl sites for hydroxylation is 1. The van der Waals surface area contributed by atoms with Gasteiger partial charge in [-0.05, 0) is 112 Å². The van der Waals surface area contributed by atoms with E-state index in [1.54, 1.807) is 21.9 Å². The van der Waals surface area contributed by atoms with Gasteiger partial charge < -0.3 is 51.5 Å². The van der Waals surface area contributed by atoms with E-state index in [2.05, 4.69) is 59.6 Å². The largest absolute Gasteiger partial charge is 0.467 e. The number of fused-ring (bicyclic) bond motifs is 2. The van der Waals surface area contributed by atoms with Gasteiger partial charge in [-0.2, -0.15) is 0 Å². The van der Waals surface area contributed by atoms with E-state index in [0.717, 1.165) is 24.8 Å². The molecule has 6 unspecified atom stereocenters. The molecular weight excluding hydrogens is 981 g/mol. The van der Waals surface area contributed by atoms with E-state index in [9.17, 15) is 47.1 Å². The van der Waals surface area contributed by atoms with Gasteiger partial charge >= 0.3 is 18.0 Å². The van der Waals surface area contributed by atoms with Gasteiger partial charge in [-0.25, -0.2) is 22.8 Å². The van der Waals surface area contributed by atoms with Crippen LogP contribution in [0.3, 0.4) is 0 Å². The van der Waals surface area contributed by atoms with Gasteiger partial charge in [0.15, 0.2) is 15.9 Å². The number of ether oxygens (including phenoxy) is 1. The monoisotopic (exact) mass is 1070 g/mol. The Kier molecular flexibility index (Phi) is 17.7. The van der Waals surface area contributed by atoms with Crippen molar-refractivity contribution in [3.63, 3.8) is 0 Å². The van der Waals surface area contributed by atoms with E-state index in [0.29, 0.717) is 19.5 Å². The maximum atomic E-state index is 14.2. The quantitative estimate of drug-likeness (QED) is 0.122. The lowest BCUT2D eigenvalue weighted by molar-refractivity contribution is -0.154. The van der Waals surface area contributed by atoms with E-state index in [1.165, 1.54) is 19.2 Å². The molecule has 75 heavy (non-hydrogen) atoms. The van der Waals surface area contributed by atoms with Crippen LogP contribution in [0.25, 0.3) is 0 Å². The van der Waals surface area contributed by atoms with Gasteiger partial charge in [0.2, 0.25) is 17.7 Å². The van der Waals surface area contributed by atoms with Crippen molar-refractivity contribution in [2.24, 2.45) is 51.2 Å². The lowest BCUT2D eigenvalue weighted by atomic mass is 9.79. The van der Waals surface area contributed by atoms with Gasteiger partial charge in [-0.3, -0.25) is 19.2 Å². The van der Waals surface area contributed by atoms with Gasteiger partial charge in [-0.1, -0.05) is 106 Å². The number of hydrogen-bond donors (Lipinski definition) is 7. The molecule has 6 rings (SSSR count). The number of aliphatic hydroxyl groups excluding tert-OH is 1. The minimum Gasteiger partial charge on any atom is -0.467 e. The summed E-state index contributed by atoms with van der Waals surface area (Å²) in [6, 6.07) is 1.27. The lowest BCUT2D eigenvalue weighted by Gasteiger charge is -2.39. The highest BCUT2D eigenvalue weighted by Crippen LogP contribution is 2.66. The average Bonchev–Trinajstić information content (AvgIpc) is 3.70. The summed E-state index contributed by atoms with van der Waals surface area (Å²) in [4.78, 5) is 95.8. The minimum absolute atomic E-state index is 0.0317. The highest BCUT2D eigenvalue weighted by molar-refractivity contribution is 7.91. The highest BCUT2D eigenvalue weighted by atomic mass is 32.2. The van der Waals surface area contributed by atoms with Crippen molar-refractivity contribution in [1.29, 1.82) is 0 Å². The smallest absolute Gasteiger partial charge is 0.328 e. The van der Waals surface area contributed by atoms with Crippen LogP contribution < -0.4 is 31.9 Å². The average molecular weight is 1070 g/mol. The first kappa shape index (κ1) is 60.9. The molecule has 2 heterocycles. The van der Waals surface area contributed by atoms with Gasteiger partial charge in [-0.15, -0.1) is 0 Å². The number of nitrogens with zero attached hydrogens (tertiary/aromatic N) is 2. The molecule has 1 aromatic rings. The van der Waals surface area contributed by atoms with E-state index in [4.69, 9.17) is 4.74 Å². The molecule has 2 saturated heterocycles. The molecule has 8 amide bonds. The number of piperidine rings is 2. The number of nitrogens with one attached hydrogen (secondary N) is 6. The topological polar surface area (TPSA) is 262 Å². The molecule has 5 aliphatic rings. The summed E-state index contributed by atoms with van der Waals surface area (Å²) >= 11 is 0. The zero-order chi connectivity index (χ0) is 56.9. The Morgan fingerprint density at radius 2 is 1.12 bits per heavy atom. The number of sulfone groups is 1. The zero-order valence-electron chi connectivity index (χ0n) is 47.9. The van der Waals surface area contributed by atoms with Crippen molar-refractivity contribution in [2.75, 3.05) is 26.1 Å². The van der Waals surface area contributed by atoms with Crippen LogP contribution in [0.4, 0.5) is 9.59 Å². The Hall–Kier alpha value is -4.98. The molecule has 3 saturated carbocycles. The van der Waals surface area contributed by atoms with Gasteiger partial charge in [0.25, 0.3) is 5.91 Å². The maximum Gasteiger partial charge on any atom is 0.328 e. The SMILES string of the molecule is COC(=O)[C@@H]1C2C(CN1C(=O)[C@@H](NC(=O)NC(C)(C)C)C(C)(C)C)C2(C)C.Cc1ccc(S(=O)(=O)CNC(=O)C(O)C(CC2CCC2)NC(=O)[C@@H]2C3C(CN2C(=O)[C@@H](NC(=O)NC(C)(C)C)C(C)(C)C)C3(C)C)cc1. The fourth-order valence-electron chi connectivity index (χ4n) is 11.3. The van der Waals surface area contributed by atoms with Crippen LogP contribution in [0, 0.1) is 58.2 Å². The van der Waals surface area contributed by atoms with Crippen LogP contribution in [0.1, 0.15) is 142 Å². The number of benzene rings is 1. The number of esters is 1. The maximum absolute atomic E-state index is 14.2. The normalized spacial score (nSPS) is 25.2. The zero-order valence-corrected chi connectivity index (χ0v) is 48.8. The Bertz CT molecular complexity index is 2430. The first-order valence-electron chi connectivity index (χ1n) is 26.6. The number of carbonyl (C=O) groups excluding carboxylic acids is 7. The number of rotatable bonds is 14. The standard InChI is InChI=1S/C35H55N5O7S.C20H35N3O4/c1-20-13-15-22(16-14-20)48(46,47)19-36-30(43)27(41)24(17-21-11-10-12-21)37-29(42)26-25-23(35(25,8)9)18-40(26)31(44)28(33(2,3)4)38-32(45)39-34(5,6)7;1-18(2,3)14(21-17(26)22-19(4,5)6)15(24)23-10-11-12(20(11,7)8)13(23)16(25)27-9/h13-16,21,23-28,41H,10-12,17-19H2,1-9H3,(H,36,43)(H,37,42)(H2,38,39,45);11-14H,10H2,1-9H3,(H2,21,22,26)/t23?,24?,25?,26-,27?,28+;11?,12?,13-,14+/m00/s1. The van der Waals surface area contributed by atoms with E-state index < -0.39 is 97.8 Å².